The first kappa shape index (κ1) is 18.4. The highest BCUT2D eigenvalue weighted by Crippen LogP contribution is 2.49. The maximum Gasteiger partial charge on any atom is 0.269 e. The third-order valence-electron chi connectivity index (χ3n) is 3.80. The van der Waals surface area contributed by atoms with Gasteiger partial charge in [0.1, 0.15) is 12.7 Å². The number of thioether (sulfide) groups is 1. The number of allylic oxidation sites excluding steroid dienone is 1. The Bertz CT molecular complexity index is 917. The SMILES string of the molecule is CC(C)(C)C1=C(n2cncn2)C(c2cc([N+](=O)[O-])ccc2Cl)SC(N)=N1. The topological polar surface area (TPSA) is 112 Å². The van der Waals surface area contributed by atoms with Gasteiger partial charge < -0.3 is 5.73 Å². The molecule has 136 valence electrons. The van der Waals surface area contributed by atoms with Crippen LogP contribution < -0.4 is 5.73 Å². The predicted molar refractivity (Wildman–Crippen MR) is 103 cm³/mol. The summed E-state index contributed by atoms with van der Waals surface area (Å²) in [5.41, 5.74) is 7.74. The molecule has 2 heterocycles. The average molecular weight is 393 g/mol. The maximum atomic E-state index is 11.2. The number of amidine groups is 1. The number of benzene rings is 1. The molecule has 0 bridgehead atoms. The molecule has 26 heavy (non-hydrogen) atoms. The van der Waals surface area contributed by atoms with E-state index in [0.717, 1.165) is 11.4 Å². The second kappa shape index (κ2) is 6.73. The summed E-state index contributed by atoms with van der Waals surface area (Å²) in [5, 5.41) is 15.8. The molecule has 0 radical (unpaired) electrons. The fourth-order valence-corrected chi connectivity index (χ4v) is 3.99. The van der Waals surface area contributed by atoms with E-state index >= 15 is 0 Å². The van der Waals surface area contributed by atoms with Crippen molar-refractivity contribution in [3.8, 4) is 0 Å². The number of nitro benzene ring substituents is 1. The Morgan fingerprint density at radius 2 is 2.12 bits per heavy atom. The van der Waals surface area contributed by atoms with Crippen LogP contribution in [-0.4, -0.2) is 24.9 Å². The Labute approximate surface area is 159 Å². The Morgan fingerprint density at radius 1 is 1.38 bits per heavy atom. The predicted octanol–water partition coefficient (Wildman–Crippen LogP) is 3.86. The molecule has 1 aromatic heterocycles. The van der Waals surface area contributed by atoms with Gasteiger partial charge in [0.25, 0.3) is 5.69 Å². The number of nitrogens with two attached hydrogens (primary N) is 1. The van der Waals surface area contributed by atoms with Crippen LogP contribution in [-0.2, 0) is 0 Å². The number of aromatic nitrogens is 3. The molecule has 1 aliphatic rings. The lowest BCUT2D eigenvalue weighted by molar-refractivity contribution is -0.384. The van der Waals surface area contributed by atoms with Crippen molar-refractivity contribution in [1.29, 1.82) is 0 Å². The van der Waals surface area contributed by atoms with Crippen molar-refractivity contribution in [2.45, 2.75) is 26.0 Å². The van der Waals surface area contributed by atoms with Crippen molar-refractivity contribution in [2.75, 3.05) is 0 Å². The van der Waals surface area contributed by atoms with Gasteiger partial charge in [-0.2, -0.15) is 5.10 Å². The van der Waals surface area contributed by atoms with Gasteiger partial charge in [-0.05, 0) is 11.6 Å². The fraction of sp³-hybridized carbons (Fsp3) is 0.312. The van der Waals surface area contributed by atoms with Gasteiger partial charge in [-0.25, -0.2) is 14.7 Å². The minimum atomic E-state index is -0.450. The number of hydrogen-bond donors (Lipinski definition) is 1. The van der Waals surface area contributed by atoms with Crippen LogP contribution in [0.4, 0.5) is 5.69 Å². The highest BCUT2D eigenvalue weighted by molar-refractivity contribution is 8.14. The summed E-state index contributed by atoms with van der Waals surface area (Å²) >= 11 is 7.66. The molecule has 1 atom stereocenters. The highest BCUT2D eigenvalue weighted by Gasteiger charge is 2.35. The van der Waals surface area contributed by atoms with Gasteiger partial charge in [0.15, 0.2) is 5.17 Å². The number of rotatable bonds is 3. The third kappa shape index (κ3) is 3.45. The summed E-state index contributed by atoms with van der Waals surface area (Å²) in [5.74, 6) is 0. The van der Waals surface area contributed by atoms with Crippen molar-refractivity contribution in [3.05, 3.63) is 57.3 Å². The number of nitrogens with zero attached hydrogens (tertiary/aromatic N) is 5. The minimum absolute atomic E-state index is 0.0404. The first-order valence-corrected chi connectivity index (χ1v) is 8.98. The lowest BCUT2D eigenvalue weighted by Gasteiger charge is -2.31. The summed E-state index contributed by atoms with van der Waals surface area (Å²) in [6.45, 7) is 6.04. The van der Waals surface area contributed by atoms with Gasteiger partial charge in [-0.1, -0.05) is 44.1 Å². The molecule has 1 unspecified atom stereocenters. The summed E-state index contributed by atoms with van der Waals surface area (Å²) in [6.07, 6.45) is 2.99. The van der Waals surface area contributed by atoms with Crippen LogP contribution in [0.15, 0.2) is 41.5 Å². The second-order valence-electron chi connectivity index (χ2n) is 6.73. The summed E-state index contributed by atoms with van der Waals surface area (Å²) in [4.78, 5) is 19.3. The van der Waals surface area contributed by atoms with Crippen molar-refractivity contribution in [1.82, 2.24) is 14.8 Å². The number of aliphatic imine (C=N–C) groups is 1. The van der Waals surface area contributed by atoms with Gasteiger partial charge >= 0.3 is 0 Å². The molecule has 0 saturated heterocycles. The van der Waals surface area contributed by atoms with Gasteiger partial charge in [0.05, 0.1) is 21.6 Å². The minimum Gasteiger partial charge on any atom is -0.378 e. The monoisotopic (exact) mass is 392 g/mol. The van der Waals surface area contributed by atoms with Gasteiger partial charge in [0, 0.05) is 22.6 Å². The van der Waals surface area contributed by atoms with Crippen molar-refractivity contribution in [3.63, 3.8) is 0 Å². The summed E-state index contributed by atoms with van der Waals surface area (Å²) < 4.78 is 1.61. The third-order valence-corrected chi connectivity index (χ3v) is 5.19. The van der Waals surface area contributed by atoms with Gasteiger partial charge in [0.2, 0.25) is 0 Å². The van der Waals surface area contributed by atoms with Gasteiger partial charge in [-0.15, -0.1) is 0 Å². The quantitative estimate of drug-likeness (QED) is 0.626. The Hall–Kier alpha value is -2.39. The van der Waals surface area contributed by atoms with Crippen LogP contribution in [0.5, 0.6) is 0 Å². The number of halogens is 1. The maximum absolute atomic E-state index is 11.2. The highest BCUT2D eigenvalue weighted by atomic mass is 35.5. The molecule has 1 aromatic carbocycles. The molecule has 0 saturated carbocycles. The van der Waals surface area contributed by atoms with E-state index in [1.165, 1.54) is 36.3 Å². The molecule has 3 rings (SSSR count). The van der Waals surface area contributed by atoms with E-state index in [0.29, 0.717) is 15.8 Å². The van der Waals surface area contributed by atoms with Crippen LogP contribution in [0, 0.1) is 15.5 Å². The van der Waals surface area contributed by atoms with Crippen molar-refractivity contribution < 1.29 is 4.92 Å². The number of non-ortho nitro benzene ring substituents is 1. The lowest BCUT2D eigenvalue weighted by atomic mass is 9.89. The molecule has 1 aliphatic heterocycles. The molecule has 0 amide bonds. The van der Waals surface area contributed by atoms with Crippen LogP contribution >= 0.6 is 23.4 Å². The number of hydrogen-bond acceptors (Lipinski definition) is 7. The molecule has 8 nitrogen and oxygen atoms in total. The zero-order valence-corrected chi connectivity index (χ0v) is 16.0. The Balaban J connectivity index is 2.27. The van der Waals surface area contributed by atoms with E-state index in [1.807, 2.05) is 20.8 Å². The van der Waals surface area contributed by atoms with Crippen LogP contribution in [0.3, 0.4) is 0 Å². The molecule has 10 heteroatoms. The normalized spacial score (nSPS) is 18.0. The molecule has 2 N–H and O–H groups in total. The summed E-state index contributed by atoms with van der Waals surface area (Å²) in [6, 6.07) is 4.36. The first-order valence-electron chi connectivity index (χ1n) is 7.73. The molecular weight excluding hydrogens is 376 g/mol. The van der Waals surface area contributed by atoms with Crippen LogP contribution in [0.25, 0.3) is 5.70 Å². The van der Waals surface area contributed by atoms with E-state index < -0.39 is 10.2 Å². The van der Waals surface area contributed by atoms with E-state index in [1.54, 1.807) is 11.0 Å². The largest absolute Gasteiger partial charge is 0.378 e. The van der Waals surface area contributed by atoms with Crippen LogP contribution in [0.1, 0.15) is 31.6 Å². The van der Waals surface area contributed by atoms with E-state index in [4.69, 9.17) is 17.3 Å². The first-order chi connectivity index (χ1) is 12.2. The average Bonchev–Trinajstić information content (AvgIpc) is 3.07. The van der Waals surface area contributed by atoms with E-state index in [2.05, 4.69) is 15.1 Å². The molecule has 0 aliphatic carbocycles. The number of nitro groups is 1. The zero-order valence-electron chi connectivity index (χ0n) is 14.4. The van der Waals surface area contributed by atoms with Crippen molar-refractivity contribution >= 4 is 39.9 Å². The van der Waals surface area contributed by atoms with E-state index in [-0.39, 0.29) is 11.1 Å². The Kier molecular flexibility index (Phi) is 4.76. The summed E-state index contributed by atoms with van der Waals surface area (Å²) in [7, 11) is 0. The molecule has 2 aromatic rings. The van der Waals surface area contributed by atoms with Crippen molar-refractivity contribution in [2.24, 2.45) is 16.1 Å². The Morgan fingerprint density at radius 3 is 2.69 bits per heavy atom. The smallest absolute Gasteiger partial charge is 0.269 e. The fourth-order valence-electron chi connectivity index (χ4n) is 2.66. The second-order valence-corrected chi connectivity index (χ2v) is 8.27. The molecule has 0 spiro atoms. The molecule has 0 fully saturated rings. The van der Waals surface area contributed by atoms with E-state index in [9.17, 15) is 10.1 Å². The van der Waals surface area contributed by atoms with Crippen LogP contribution in [0.2, 0.25) is 5.02 Å². The lowest BCUT2D eigenvalue weighted by Crippen LogP contribution is -2.24. The van der Waals surface area contributed by atoms with Gasteiger partial charge in [-0.3, -0.25) is 10.1 Å². The molecular formula is C16H17ClN6O2S. The standard InChI is InChI=1S/C16H17ClN6O2S/c1-16(2,3)14-12(22-8-19-7-20-22)13(26-15(18)21-14)10-6-9(23(24)25)4-5-11(10)17/h4-8,13H,1-3H3,(H2,18,21). The zero-order chi connectivity index (χ0) is 19.1.